The maximum absolute atomic E-state index is 5.27. The second-order valence-electron chi connectivity index (χ2n) is 4.01. The molecule has 86 valence electrons. The summed E-state index contributed by atoms with van der Waals surface area (Å²) in [6.45, 7) is 6.22. The van der Waals surface area contributed by atoms with Crippen LogP contribution < -0.4 is 0 Å². The van der Waals surface area contributed by atoms with Crippen LogP contribution in [0.5, 0.6) is 0 Å². The molecule has 0 N–H and O–H groups in total. The standard InChI is InChI=1S/C12H26O2/c1-5-7-11(9-13-3)12(8-6-2)10-14-4/h11-12H,5-10H2,1-4H3. The first kappa shape index (κ1) is 13.9. The van der Waals surface area contributed by atoms with Crippen LogP contribution in [0.1, 0.15) is 39.5 Å². The van der Waals surface area contributed by atoms with Gasteiger partial charge in [0.1, 0.15) is 0 Å². The van der Waals surface area contributed by atoms with Gasteiger partial charge < -0.3 is 9.47 Å². The summed E-state index contributed by atoms with van der Waals surface area (Å²) in [5.74, 6) is 1.34. The summed E-state index contributed by atoms with van der Waals surface area (Å²) >= 11 is 0. The maximum atomic E-state index is 5.27. The van der Waals surface area contributed by atoms with Gasteiger partial charge in [0, 0.05) is 27.4 Å². The fraction of sp³-hybridized carbons (Fsp3) is 1.00. The van der Waals surface area contributed by atoms with Crippen molar-refractivity contribution in [3.63, 3.8) is 0 Å². The Labute approximate surface area is 89.0 Å². The normalized spacial score (nSPS) is 15.4. The van der Waals surface area contributed by atoms with Crippen molar-refractivity contribution in [2.75, 3.05) is 27.4 Å². The van der Waals surface area contributed by atoms with Crippen molar-refractivity contribution in [3.8, 4) is 0 Å². The predicted octanol–water partition coefficient (Wildman–Crippen LogP) is 3.11. The number of rotatable bonds is 9. The lowest BCUT2D eigenvalue weighted by atomic mass is 9.86. The Bertz CT molecular complexity index is 88.9. The molecular weight excluding hydrogens is 176 g/mol. The number of hydrogen-bond donors (Lipinski definition) is 0. The van der Waals surface area contributed by atoms with Crippen LogP contribution in [-0.2, 0) is 9.47 Å². The van der Waals surface area contributed by atoms with Crippen molar-refractivity contribution in [1.82, 2.24) is 0 Å². The van der Waals surface area contributed by atoms with Crippen molar-refractivity contribution < 1.29 is 9.47 Å². The second kappa shape index (κ2) is 9.47. The zero-order chi connectivity index (χ0) is 10.8. The largest absolute Gasteiger partial charge is 0.384 e. The molecule has 2 heteroatoms. The van der Waals surface area contributed by atoms with Crippen molar-refractivity contribution in [2.45, 2.75) is 39.5 Å². The highest BCUT2D eigenvalue weighted by molar-refractivity contribution is 4.69. The molecule has 0 aromatic rings. The van der Waals surface area contributed by atoms with E-state index in [1.54, 1.807) is 14.2 Å². The highest BCUT2D eigenvalue weighted by atomic mass is 16.5. The third-order valence-electron chi connectivity index (χ3n) is 2.75. The molecule has 0 amide bonds. The van der Waals surface area contributed by atoms with Crippen LogP contribution in [0.4, 0.5) is 0 Å². The molecule has 0 saturated carbocycles. The van der Waals surface area contributed by atoms with E-state index in [1.165, 1.54) is 25.7 Å². The minimum atomic E-state index is 0.671. The molecule has 0 aliphatic carbocycles. The molecule has 0 radical (unpaired) electrons. The van der Waals surface area contributed by atoms with E-state index < -0.39 is 0 Å². The summed E-state index contributed by atoms with van der Waals surface area (Å²) in [7, 11) is 3.58. The molecule has 0 heterocycles. The minimum absolute atomic E-state index is 0.671. The van der Waals surface area contributed by atoms with Gasteiger partial charge in [0.25, 0.3) is 0 Å². The second-order valence-corrected chi connectivity index (χ2v) is 4.01. The average Bonchev–Trinajstić information content (AvgIpc) is 2.17. The first-order valence-corrected chi connectivity index (χ1v) is 5.77. The lowest BCUT2D eigenvalue weighted by molar-refractivity contribution is 0.0611. The van der Waals surface area contributed by atoms with E-state index in [-0.39, 0.29) is 0 Å². The Morgan fingerprint density at radius 3 is 1.36 bits per heavy atom. The molecule has 14 heavy (non-hydrogen) atoms. The molecule has 2 unspecified atom stereocenters. The smallest absolute Gasteiger partial charge is 0.0493 e. The van der Waals surface area contributed by atoms with E-state index in [0.29, 0.717) is 11.8 Å². The molecule has 0 fully saturated rings. The van der Waals surface area contributed by atoms with E-state index in [1.807, 2.05) is 0 Å². The molecule has 2 atom stereocenters. The van der Waals surface area contributed by atoms with Crippen molar-refractivity contribution >= 4 is 0 Å². The maximum Gasteiger partial charge on any atom is 0.0493 e. The predicted molar refractivity (Wildman–Crippen MR) is 60.5 cm³/mol. The molecular formula is C12H26O2. The van der Waals surface area contributed by atoms with E-state index in [2.05, 4.69) is 13.8 Å². The zero-order valence-corrected chi connectivity index (χ0v) is 10.2. The Morgan fingerprint density at radius 2 is 1.14 bits per heavy atom. The van der Waals surface area contributed by atoms with Crippen LogP contribution in [0, 0.1) is 11.8 Å². The van der Waals surface area contributed by atoms with Gasteiger partial charge in [0.2, 0.25) is 0 Å². The topological polar surface area (TPSA) is 18.5 Å². The van der Waals surface area contributed by atoms with E-state index >= 15 is 0 Å². The lowest BCUT2D eigenvalue weighted by Crippen LogP contribution is -2.23. The van der Waals surface area contributed by atoms with E-state index in [9.17, 15) is 0 Å². The van der Waals surface area contributed by atoms with E-state index in [4.69, 9.17) is 9.47 Å². The van der Waals surface area contributed by atoms with Gasteiger partial charge in [-0.3, -0.25) is 0 Å². The van der Waals surface area contributed by atoms with Crippen LogP contribution in [0.15, 0.2) is 0 Å². The fourth-order valence-electron chi connectivity index (χ4n) is 2.08. The minimum Gasteiger partial charge on any atom is -0.384 e. The van der Waals surface area contributed by atoms with Crippen molar-refractivity contribution in [1.29, 1.82) is 0 Å². The Hall–Kier alpha value is -0.0800. The zero-order valence-electron chi connectivity index (χ0n) is 10.2. The molecule has 0 saturated heterocycles. The molecule has 0 aliphatic rings. The van der Waals surface area contributed by atoms with Gasteiger partial charge in [0.05, 0.1) is 0 Å². The van der Waals surface area contributed by atoms with Crippen molar-refractivity contribution in [2.24, 2.45) is 11.8 Å². The Kier molecular flexibility index (Phi) is 9.42. The molecule has 0 aliphatic heterocycles. The van der Waals surface area contributed by atoms with Gasteiger partial charge in [0.15, 0.2) is 0 Å². The summed E-state index contributed by atoms with van der Waals surface area (Å²) in [6, 6.07) is 0. The van der Waals surface area contributed by atoms with Gasteiger partial charge >= 0.3 is 0 Å². The van der Waals surface area contributed by atoms with Crippen LogP contribution in [0.2, 0.25) is 0 Å². The summed E-state index contributed by atoms with van der Waals surface area (Å²) in [5.41, 5.74) is 0. The van der Waals surface area contributed by atoms with Crippen LogP contribution in [-0.4, -0.2) is 27.4 Å². The van der Waals surface area contributed by atoms with Gasteiger partial charge in [-0.2, -0.15) is 0 Å². The lowest BCUT2D eigenvalue weighted by Gasteiger charge is -2.25. The summed E-state index contributed by atoms with van der Waals surface area (Å²) in [6.07, 6.45) is 4.97. The Balaban J connectivity index is 4.06. The number of hydrogen-bond acceptors (Lipinski definition) is 2. The van der Waals surface area contributed by atoms with Gasteiger partial charge in [-0.1, -0.05) is 26.7 Å². The summed E-state index contributed by atoms with van der Waals surface area (Å²) in [4.78, 5) is 0. The molecule has 0 aromatic carbocycles. The highest BCUT2D eigenvalue weighted by Gasteiger charge is 2.19. The third kappa shape index (κ3) is 5.61. The molecule has 2 nitrogen and oxygen atoms in total. The number of ether oxygens (including phenoxy) is 2. The molecule has 0 bridgehead atoms. The summed E-state index contributed by atoms with van der Waals surface area (Å²) in [5, 5.41) is 0. The third-order valence-corrected chi connectivity index (χ3v) is 2.75. The van der Waals surface area contributed by atoms with Crippen LogP contribution in [0.3, 0.4) is 0 Å². The van der Waals surface area contributed by atoms with Gasteiger partial charge in [-0.15, -0.1) is 0 Å². The first-order valence-electron chi connectivity index (χ1n) is 5.77. The first-order chi connectivity index (χ1) is 6.79. The fourth-order valence-corrected chi connectivity index (χ4v) is 2.08. The molecule has 0 aromatic heterocycles. The van der Waals surface area contributed by atoms with Crippen LogP contribution >= 0.6 is 0 Å². The van der Waals surface area contributed by atoms with Crippen LogP contribution in [0.25, 0.3) is 0 Å². The average molecular weight is 202 g/mol. The molecule has 0 spiro atoms. The Morgan fingerprint density at radius 1 is 0.786 bits per heavy atom. The quantitative estimate of drug-likeness (QED) is 0.572. The number of methoxy groups -OCH3 is 2. The van der Waals surface area contributed by atoms with Gasteiger partial charge in [-0.05, 0) is 24.7 Å². The monoisotopic (exact) mass is 202 g/mol. The summed E-state index contributed by atoms with van der Waals surface area (Å²) < 4.78 is 10.5. The highest BCUT2D eigenvalue weighted by Crippen LogP contribution is 2.23. The SMILES string of the molecule is CCCC(COC)C(CCC)COC. The van der Waals surface area contributed by atoms with Gasteiger partial charge in [-0.25, -0.2) is 0 Å². The molecule has 0 rings (SSSR count). The van der Waals surface area contributed by atoms with Crippen molar-refractivity contribution in [3.05, 3.63) is 0 Å². The van der Waals surface area contributed by atoms with E-state index in [0.717, 1.165) is 13.2 Å².